The van der Waals surface area contributed by atoms with E-state index in [1.54, 1.807) is 24.1 Å². The Balaban J connectivity index is 1.33. The molecule has 2 atom stereocenters. The van der Waals surface area contributed by atoms with Crippen LogP contribution in [0.3, 0.4) is 0 Å². The first-order valence-electron chi connectivity index (χ1n) is 11.7. The van der Waals surface area contributed by atoms with Gasteiger partial charge in [0, 0.05) is 18.5 Å². The standard InChI is InChI=1S/C28H25FN4O2S/c1-17-8-11-19(12-9-17)23-15-24(20-6-4-3-5-7-20)33(32-23)28-31-27(35)25(36-28)16-26(34)30-21-13-10-18(2)22(29)14-21/h3-14,24-25H,15-16H2,1-2H3,(H,30,34)/t24-,25-/m0/s1. The molecular weight excluding hydrogens is 475 g/mol. The van der Waals surface area contributed by atoms with Gasteiger partial charge < -0.3 is 5.32 Å². The maximum absolute atomic E-state index is 13.8. The molecule has 2 heterocycles. The van der Waals surface area contributed by atoms with Gasteiger partial charge >= 0.3 is 0 Å². The molecule has 5 rings (SSSR count). The molecule has 2 aliphatic heterocycles. The lowest BCUT2D eigenvalue weighted by atomic mass is 9.98. The summed E-state index contributed by atoms with van der Waals surface area (Å²) in [5.74, 6) is -1.13. The second-order valence-corrected chi connectivity index (χ2v) is 10.1. The number of rotatable bonds is 5. The third-order valence-electron chi connectivity index (χ3n) is 6.23. The number of halogens is 1. The maximum Gasteiger partial charge on any atom is 0.262 e. The summed E-state index contributed by atoms with van der Waals surface area (Å²) in [7, 11) is 0. The largest absolute Gasteiger partial charge is 0.326 e. The van der Waals surface area contributed by atoms with Gasteiger partial charge in [0.15, 0.2) is 5.17 Å². The minimum Gasteiger partial charge on any atom is -0.326 e. The number of carbonyl (C=O) groups is 2. The first kappa shape index (κ1) is 23.9. The van der Waals surface area contributed by atoms with E-state index in [2.05, 4.69) is 34.6 Å². The summed E-state index contributed by atoms with van der Waals surface area (Å²) in [6, 6.07) is 22.6. The van der Waals surface area contributed by atoms with Crippen LogP contribution in [-0.2, 0) is 9.59 Å². The Labute approximate surface area is 213 Å². The maximum atomic E-state index is 13.8. The lowest BCUT2D eigenvalue weighted by molar-refractivity contribution is -0.121. The van der Waals surface area contributed by atoms with E-state index in [0.29, 0.717) is 22.8 Å². The van der Waals surface area contributed by atoms with E-state index in [1.807, 2.05) is 37.3 Å². The zero-order valence-corrected chi connectivity index (χ0v) is 20.8. The molecule has 2 aliphatic rings. The molecule has 0 aliphatic carbocycles. The van der Waals surface area contributed by atoms with Crippen molar-refractivity contribution in [1.82, 2.24) is 5.01 Å². The molecule has 182 valence electrons. The molecule has 0 saturated heterocycles. The Morgan fingerprint density at radius 3 is 2.56 bits per heavy atom. The highest BCUT2D eigenvalue weighted by atomic mass is 32.2. The quantitative estimate of drug-likeness (QED) is 0.493. The second-order valence-electron chi connectivity index (χ2n) is 8.94. The van der Waals surface area contributed by atoms with Crippen molar-refractivity contribution < 1.29 is 14.0 Å². The average Bonchev–Trinajstić information content (AvgIpc) is 3.46. The fourth-order valence-electron chi connectivity index (χ4n) is 4.20. The first-order valence-corrected chi connectivity index (χ1v) is 12.6. The van der Waals surface area contributed by atoms with Crippen LogP contribution >= 0.6 is 11.8 Å². The highest BCUT2D eigenvalue weighted by Crippen LogP contribution is 2.38. The molecule has 6 nitrogen and oxygen atoms in total. The van der Waals surface area contributed by atoms with Crippen molar-refractivity contribution in [2.45, 2.75) is 38.0 Å². The van der Waals surface area contributed by atoms with Gasteiger partial charge in [-0.05, 0) is 42.7 Å². The molecule has 0 radical (unpaired) electrons. The van der Waals surface area contributed by atoms with Crippen LogP contribution in [0.2, 0.25) is 0 Å². The van der Waals surface area contributed by atoms with Gasteiger partial charge in [0.2, 0.25) is 5.91 Å². The van der Waals surface area contributed by atoms with Crippen LogP contribution in [-0.4, -0.2) is 33.0 Å². The number of aryl methyl sites for hydroxylation is 2. The third kappa shape index (κ3) is 5.09. The molecule has 0 aromatic heterocycles. The zero-order valence-electron chi connectivity index (χ0n) is 19.9. The SMILES string of the molecule is Cc1ccc(C2=NN(C3=NC(=O)[C@H](CC(=O)Nc4ccc(C)c(F)c4)S3)[C@H](c3ccccc3)C2)cc1. The summed E-state index contributed by atoms with van der Waals surface area (Å²) in [5, 5.41) is 9.16. The average molecular weight is 501 g/mol. The molecule has 8 heteroatoms. The number of carbonyl (C=O) groups excluding carboxylic acids is 2. The molecule has 0 saturated carbocycles. The Bertz CT molecular complexity index is 1370. The van der Waals surface area contributed by atoms with Gasteiger partial charge in [0.05, 0.1) is 11.8 Å². The summed E-state index contributed by atoms with van der Waals surface area (Å²) in [5.41, 5.74) is 5.04. The van der Waals surface area contributed by atoms with E-state index < -0.39 is 11.1 Å². The van der Waals surface area contributed by atoms with Gasteiger partial charge in [0.25, 0.3) is 5.91 Å². The molecular formula is C28H25FN4O2S. The fourth-order valence-corrected chi connectivity index (χ4v) is 5.26. The van der Waals surface area contributed by atoms with Gasteiger partial charge in [0.1, 0.15) is 11.1 Å². The molecule has 1 N–H and O–H groups in total. The minimum absolute atomic E-state index is 0.0651. The molecule has 0 spiro atoms. The smallest absolute Gasteiger partial charge is 0.262 e. The van der Waals surface area contributed by atoms with Gasteiger partial charge in [-0.25, -0.2) is 9.40 Å². The van der Waals surface area contributed by atoms with Crippen LogP contribution in [0.4, 0.5) is 10.1 Å². The van der Waals surface area contributed by atoms with Crippen LogP contribution in [0.15, 0.2) is 82.9 Å². The Morgan fingerprint density at radius 1 is 1.08 bits per heavy atom. The Hall–Kier alpha value is -3.78. The van der Waals surface area contributed by atoms with E-state index in [9.17, 15) is 14.0 Å². The minimum atomic E-state index is -0.662. The number of amidine groups is 1. The highest BCUT2D eigenvalue weighted by molar-refractivity contribution is 8.15. The van der Waals surface area contributed by atoms with Crippen molar-refractivity contribution in [3.8, 4) is 0 Å². The normalized spacial score (nSPS) is 19.3. The van der Waals surface area contributed by atoms with E-state index in [1.165, 1.54) is 23.4 Å². The summed E-state index contributed by atoms with van der Waals surface area (Å²) in [6.07, 6.45) is 0.607. The lowest BCUT2D eigenvalue weighted by Gasteiger charge is -2.23. The van der Waals surface area contributed by atoms with Crippen LogP contribution in [0.1, 0.15) is 41.1 Å². The zero-order chi connectivity index (χ0) is 25.2. The Kier molecular flexibility index (Phi) is 6.69. The Morgan fingerprint density at radius 2 is 1.83 bits per heavy atom. The summed E-state index contributed by atoms with van der Waals surface area (Å²) >= 11 is 1.24. The van der Waals surface area contributed by atoms with Crippen LogP contribution < -0.4 is 5.32 Å². The number of benzene rings is 3. The summed E-state index contributed by atoms with van der Waals surface area (Å²) in [6.45, 7) is 3.70. The van der Waals surface area contributed by atoms with Crippen molar-refractivity contribution in [3.63, 3.8) is 0 Å². The third-order valence-corrected chi connectivity index (χ3v) is 7.37. The second kappa shape index (κ2) is 10.1. The van der Waals surface area contributed by atoms with Crippen molar-refractivity contribution >= 4 is 40.1 Å². The van der Waals surface area contributed by atoms with Gasteiger partial charge in [-0.3, -0.25) is 9.59 Å². The summed E-state index contributed by atoms with van der Waals surface area (Å²) in [4.78, 5) is 29.6. The van der Waals surface area contributed by atoms with E-state index in [-0.39, 0.29) is 24.3 Å². The topological polar surface area (TPSA) is 74.1 Å². The highest BCUT2D eigenvalue weighted by Gasteiger charge is 2.39. The van der Waals surface area contributed by atoms with Crippen molar-refractivity contribution in [1.29, 1.82) is 0 Å². The fraction of sp³-hybridized carbons (Fsp3) is 0.214. The molecule has 2 amide bonds. The van der Waals surface area contributed by atoms with Gasteiger partial charge in [-0.2, -0.15) is 10.1 Å². The number of anilines is 1. The number of hydrazone groups is 1. The predicted octanol–water partition coefficient (Wildman–Crippen LogP) is 5.62. The predicted molar refractivity (Wildman–Crippen MR) is 142 cm³/mol. The number of aliphatic imine (C=N–C) groups is 1. The molecule has 3 aromatic rings. The van der Waals surface area contributed by atoms with Crippen LogP contribution in [0, 0.1) is 19.7 Å². The molecule has 36 heavy (non-hydrogen) atoms. The van der Waals surface area contributed by atoms with Gasteiger partial charge in [-0.1, -0.05) is 78.0 Å². The van der Waals surface area contributed by atoms with Crippen molar-refractivity contribution in [2.75, 3.05) is 5.32 Å². The molecule has 0 fully saturated rings. The lowest BCUT2D eigenvalue weighted by Crippen LogP contribution is -2.25. The number of nitrogens with zero attached hydrogens (tertiary/aromatic N) is 3. The van der Waals surface area contributed by atoms with Crippen molar-refractivity contribution in [3.05, 3.63) is 101 Å². The molecule has 3 aromatic carbocycles. The monoisotopic (exact) mass is 500 g/mol. The number of amides is 2. The first-order chi connectivity index (χ1) is 17.4. The van der Waals surface area contributed by atoms with E-state index in [0.717, 1.165) is 16.8 Å². The van der Waals surface area contributed by atoms with Crippen molar-refractivity contribution in [2.24, 2.45) is 10.1 Å². The summed E-state index contributed by atoms with van der Waals surface area (Å²) < 4.78 is 13.8. The number of thioether (sulfide) groups is 1. The number of hydrogen-bond acceptors (Lipinski definition) is 5. The molecule has 0 unspecified atom stereocenters. The molecule has 0 bridgehead atoms. The van der Waals surface area contributed by atoms with E-state index in [4.69, 9.17) is 5.10 Å². The van der Waals surface area contributed by atoms with Gasteiger partial charge in [-0.15, -0.1) is 0 Å². The van der Waals surface area contributed by atoms with E-state index >= 15 is 0 Å². The number of nitrogens with one attached hydrogen (secondary N) is 1. The number of hydrogen-bond donors (Lipinski definition) is 1. The van der Waals surface area contributed by atoms with Crippen LogP contribution in [0.5, 0.6) is 0 Å². The van der Waals surface area contributed by atoms with Crippen LogP contribution in [0.25, 0.3) is 0 Å².